The van der Waals surface area contributed by atoms with Gasteiger partial charge in [-0.1, -0.05) is 30.3 Å². The van der Waals surface area contributed by atoms with Gasteiger partial charge in [0.2, 0.25) is 0 Å². The summed E-state index contributed by atoms with van der Waals surface area (Å²) in [5, 5.41) is 7.20. The number of hydrogen-bond donors (Lipinski definition) is 1. The monoisotopic (exact) mass is 321 g/mol. The molecule has 0 spiro atoms. The SMILES string of the molecule is c1ccc(Cn2cncc2CN2CCC(c3ccn[nH]3)CC2)cc1. The van der Waals surface area contributed by atoms with Crippen molar-refractivity contribution in [2.24, 2.45) is 0 Å². The fourth-order valence-electron chi connectivity index (χ4n) is 3.53. The Labute approximate surface area is 142 Å². The molecule has 0 atom stereocenters. The Hall–Kier alpha value is -2.40. The predicted octanol–water partition coefficient (Wildman–Crippen LogP) is 3.03. The Balaban J connectivity index is 1.36. The van der Waals surface area contributed by atoms with E-state index in [2.05, 4.69) is 61.0 Å². The van der Waals surface area contributed by atoms with E-state index in [-0.39, 0.29) is 0 Å². The first-order chi connectivity index (χ1) is 11.9. The maximum Gasteiger partial charge on any atom is 0.0951 e. The standard InChI is InChI=1S/C19H23N5/c1-2-4-16(5-3-1)13-24-15-20-12-18(24)14-23-10-7-17(8-11-23)19-6-9-21-22-19/h1-6,9,12,15,17H,7-8,10-11,13-14H2,(H,21,22). The smallest absolute Gasteiger partial charge is 0.0951 e. The number of hydrogen-bond acceptors (Lipinski definition) is 3. The first-order valence-electron chi connectivity index (χ1n) is 8.63. The van der Waals surface area contributed by atoms with Crippen molar-refractivity contribution in [2.75, 3.05) is 13.1 Å². The Morgan fingerprint density at radius 1 is 1.04 bits per heavy atom. The van der Waals surface area contributed by atoms with Crippen LogP contribution in [-0.2, 0) is 13.1 Å². The van der Waals surface area contributed by atoms with Crippen LogP contribution in [0.15, 0.2) is 55.1 Å². The quantitative estimate of drug-likeness (QED) is 0.786. The second-order valence-electron chi connectivity index (χ2n) is 6.56. The number of rotatable bonds is 5. The molecule has 1 aliphatic heterocycles. The highest BCUT2D eigenvalue weighted by Gasteiger charge is 2.22. The Bertz CT molecular complexity index is 739. The maximum atomic E-state index is 4.36. The molecule has 1 N–H and O–H groups in total. The van der Waals surface area contributed by atoms with Crippen LogP contribution in [0, 0.1) is 0 Å². The van der Waals surface area contributed by atoms with Crippen LogP contribution in [0.2, 0.25) is 0 Å². The lowest BCUT2D eigenvalue weighted by atomic mass is 9.93. The van der Waals surface area contributed by atoms with Crippen molar-refractivity contribution in [1.82, 2.24) is 24.6 Å². The number of imidazole rings is 1. The lowest BCUT2D eigenvalue weighted by molar-refractivity contribution is 0.199. The Morgan fingerprint density at radius 2 is 1.88 bits per heavy atom. The van der Waals surface area contributed by atoms with E-state index in [4.69, 9.17) is 0 Å². The fourth-order valence-corrected chi connectivity index (χ4v) is 3.53. The number of nitrogens with one attached hydrogen (secondary N) is 1. The third kappa shape index (κ3) is 3.41. The summed E-state index contributed by atoms with van der Waals surface area (Å²) in [6.45, 7) is 4.11. The molecule has 124 valence electrons. The molecule has 24 heavy (non-hydrogen) atoms. The number of piperidine rings is 1. The van der Waals surface area contributed by atoms with Crippen molar-refractivity contribution in [2.45, 2.75) is 31.8 Å². The second kappa shape index (κ2) is 7.01. The van der Waals surface area contributed by atoms with Crippen molar-refractivity contribution in [3.05, 3.63) is 72.1 Å². The van der Waals surface area contributed by atoms with Gasteiger partial charge in [-0.2, -0.15) is 5.10 Å². The molecule has 5 heteroatoms. The molecular weight excluding hydrogens is 298 g/mol. The number of aromatic amines is 1. The van der Waals surface area contributed by atoms with Gasteiger partial charge in [0.05, 0.1) is 12.0 Å². The van der Waals surface area contributed by atoms with Gasteiger partial charge in [-0.3, -0.25) is 10.00 Å². The first kappa shape index (κ1) is 15.1. The van der Waals surface area contributed by atoms with Gasteiger partial charge in [-0.25, -0.2) is 4.98 Å². The van der Waals surface area contributed by atoms with E-state index in [9.17, 15) is 0 Å². The third-order valence-corrected chi connectivity index (χ3v) is 4.93. The average molecular weight is 321 g/mol. The van der Waals surface area contributed by atoms with E-state index in [1.807, 2.05) is 18.7 Å². The number of H-pyrrole nitrogens is 1. The van der Waals surface area contributed by atoms with Gasteiger partial charge >= 0.3 is 0 Å². The molecule has 0 amide bonds. The molecule has 1 aliphatic rings. The highest BCUT2D eigenvalue weighted by molar-refractivity contribution is 5.16. The molecule has 2 aromatic heterocycles. The molecule has 5 nitrogen and oxygen atoms in total. The van der Waals surface area contributed by atoms with Gasteiger partial charge in [-0.05, 0) is 37.6 Å². The summed E-state index contributed by atoms with van der Waals surface area (Å²) in [5.74, 6) is 0.623. The maximum absolute atomic E-state index is 4.36. The van der Waals surface area contributed by atoms with Crippen molar-refractivity contribution in [3.63, 3.8) is 0 Å². The summed E-state index contributed by atoms with van der Waals surface area (Å²) in [6, 6.07) is 12.7. The van der Waals surface area contributed by atoms with Crippen molar-refractivity contribution < 1.29 is 0 Å². The van der Waals surface area contributed by atoms with Crippen molar-refractivity contribution in [1.29, 1.82) is 0 Å². The third-order valence-electron chi connectivity index (χ3n) is 4.93. The molecule has 0 radical (unpaired) electrons. The number of aromatic nitrogens is 4. The zero-order chi connectivity index (χ0) is 16.2. The first-order valence-corrected chi connectivity index (χ1v) is 8.63. The molecular formula is C19H23N5. The molecule has 1 aromatic carbocycles. The summed E-state index contributed by atoms with van der Waals surface area (Å²) < 4.78 is 2.26. The van der Waals surface area contributed by atoms with Gasteiger partial charge in [0, 0.05) is 37.1 Å². The van der Waals surface area contributed by atoms with Crippen LogP contribution in [0.3, 0.4) is 0 Å². The van der Waals surface area contributed by atoms with Crippen LogP contribution in [0.1, 0.15) is 35.7 Å². The van der Waals surface area contributed by atoms with E-state index in [1.165, 1.54) is 29.8 Å². The minimum atomic E-state index is 0.623. The lowest BCUT2D eigenvalue weighted by Gasteiger charge is -2.31. The second-order valence-corrected chi connectivity index (χ2v) is 6.56. The van der Waals surface area contributed by atoms with Crippen LogP contribution < -0.4 is 0 Å². The van der Waals surface area contributed by atoms with E-state index >= 15 is 0 Å². The molecule has 0 unspecified atom stereocenters. The largest absolute Gasteiger partial charge is 0.329 e. The minimum absolute atomic E-state index is 0.623. The average Bonchev–Trinajstić information content (AvgIpc) is 3.29. The van der Waals surface area contributed by atoms with Crippen LogP contribution in [-0.4, -0.2) is 37.7 Å². The fraction of sp³-hybridized carbons (Fsp3) is 0.368. The zero-order valence-corrected chi connectivity index (χ0v) is 13.8. The predicted molar refractivity (Wildman–Crippen MR) is 93.6 cm³/mol. The zero-order valence-electron chi connectivity index (χ0n) is 13.8. The van der Waals surface area contributed by atoms with Gasteiger partial charge in [-0.15, -0.1) is 0 Å². The Morgan fingerprint density at radius 3 is 2.62 bits per heavy atom. The highest BCUT2D eigenvalue weighted by atomic mass is 15.2. The topological polar surface area (TPSA) is 49.7 Å². The molecule has 3 aromatic rings. The minimum Gasteiger partial charge on any atom is -0.329 e. The van der Waals surface area contributed by atoms with Crippen molar-refractivity contribution >= 4 is 0 Å². The van der Waals surface area contributed by atoms with Crippen LogP contribution in [0.25, 0.3) is 0 Å². The van der Waals surface area contributed by atoms with Gasteiger partial charge < -0.3 is 4.57 Å². The van der Waals surface area contributed by atoms with Gasteiger partial charge in [0.1, 0.15) is 0 Å². The molecule has 0 bridgehead atoms. The molecule has 4 rings (SSSR count). The molecule has 0 aliphatic carbocycles. The molecule has 1 saturated heterocycles. The van der Waals surface area contributed by atoms with Gasteiger partial charge in [0.25, 0.3) is 0 Å². The Kier molecular flexibility index (Phi) is 4.42. The lowest BCUT2D eigenvalue weighted by Crippen LogP contribution is -2.33. The van der Waals surface area contributed by atoms with Crippen LogP contribution in [0.4, 0.5) is 0 Å². The van der Waals surface area contributed by atoms with E-state index < -0.39 is 0 Å². The molecule has 1 fully saturated rings. The summed E-state index contributed by atoms with van der Waals surface area (Å²) >= 11 is 0. The van der Waals surface area contributed by atoms with Crippen molar-refractivity contribution in [3.8, 4) is 0 Å². The van der Waals surface area contributed by atoms with E-state index in [1.54, 1.807) is 0 Å². The summed E-state index contributed by atoms with van der Waals surface area (Å²) in [6.07, 6.45) is 8.18. The van der Waals surface area contributed by atoms with Crippen LogP contribution >= 0.6 is 0 Å². The molecule has 0 saturated carbocycles. The van der Waals surface area contributed by atoms with E-state index in [0.717, 1.165) is 26.2 Å². The number of benzene rings is 1. The van der Waals surface area contributed by atoms with Gasteiger partial charge in [0.15, 0.2) is 0 Å². The van der Waals surface area contributed by atoms with E-state index in [0.29, 0.717) is 5.92 Å². The number of nitrogens with zero attached hydrogens (tertiary/aromatic N) is 4. The van der Waals surface area contributed by atoms with Crippen LogP contribution in [0.5, 0.6) is 0 Å². The molecule has 3 heterocycles. The summed E-state index contributed by atoms with van der Waals surface area (Å²) in [4.78, 5) is 6.90. The summed E-state index contributed by atoms with van der Waals surface area (Å²) in [7, 11) is 0. The normalized spacial score (nSPS) is 16.5. The number of likely N-dealkylation sites (tertiary alicyclic amines) is 1. The highest BCUT2D eigenvalue weighted by Crippen LogP contribution is 2.27. The summed E-state index contributed by atoms with van der Waals surface area (Å²) in [5.41, 5.74) is 3.89.